The van der Waals surface area contributed by atoms with Gasteiger partial charge in [0.15, 0.2) is 0 Å². The number of carbonyl (C=O) groups is 1. The van der Waals surface area contributed by atoms with Crippen LogP contribution >= 0.6 is 11.6 Å². The molecular weight excluding hydrogens is 214 g/mol. The predicted octanol–water partition coefficient (Wildman–Crippen LogP) is 1.62. The fourth-order valence-corrected chi connectivity index (χ4v) is 1.94. The third-order valence-corrected chi connectivity index (χ3v) is 3.79. The van der Waals surface area contributed by atoms with Gasteiger partial charge in [-0.25, -0.2) is 0 Å². The molecule has 0 aliphatic carbocycles. The molecule has 0 bridgehead atoms. The molecule has 3 nitrogen and oxygen atoms in total. The number of alkyl halides is 1. The summed E-state index contributed by atoms with van der Waals surface area (Å²) >= 11 is 5.91. The number of nitrogens with zero attached hydrogens (tertiary/aromatic N) is 1. The van der Waals surface area contributed by atoms with Crippen LogP contribution in [0.4, 0.5) is 0 Å². The monoisotopic (exact) mass is 233 g/mol. The zero-order chi connectivity index (χ0) is 11.5. The minimum Gasteiger partial charge on any atom is -0.396 e. The number of likely N-dealkylation sites (tertiary alicyclic amines) is 1. The average Bonchev–Trinajstić information content (AvgIpc) is 2.28. The summed E-state index contributed by atoms with van der Waals surface area (Å²) in [5.41, 5.74) is -0.00912. The second-order valence-electron chi connectivity index (χ2n) is 4.67. The Labute approximate surface area is 96.4 Å². The maximum absolute atomic E-state index is 11.8. The molecule has 0 saturated carbocycles. The summed E-state index contributed by atoms with van der Waals surface area (Å²) in [5.74, 6) is 0.0409. The first-order chi connectivity index (χ1) is 7.02. The standard InChI is InChI=1S/C11H20ClNO2/c1-3-9(12)10(15)13-6-4-11(2,8-14)5-7-13/h9,14H,3-8H2,1-2H3. The number of rotatable bonds is 3. The van der Waals surface area contributed by atoms with Crippen molar-refractivity contribution in [1.29, 1.82) is 0 Å². The van der Waals surface area contributed by atoms with E-state index >= 15 is 0 Å². The van der Waals surface area contributed by atoms with E-state index in [1.807, 2.05) is 11.8 Å². The van der Waals surface area contributed by atoms with Crippen LogP contribution in [0.15, 0.2) is 0 Å². The van der Waals surface area contributed by atoms with Crippen molar-refractivity contribution in [1.82, 2.24) is 4.90 Å². The molecule has 1 atom stereocenters. The van der Waals surface area contributed by atoms with Crippen LogP contribution < -0.4 is 0 Å². The molecule has 1 unspecified atom stereocenters. The van der Waals surface area contributed by atoms with Gasteiger partial charge in [-0.15, -0.1) is 11.6 Å². The number of amides is 1. The minimum atomic E-state index is -0.386. The number of carbonyl (C=O) groups excluding carboxylic acids is 1. The van der Waals surface area contributed by atoms with E-state index in [-0.39, 0.29) is 23.3 Å². The van der Waals surface area contributed by atoms with Crippen molar-refractivity contribution in [2.24, 2.45) is 5.41 Å². The number of hydrogen-bond donors (Lipinski definition) is 1. The lowest BCUT2D eigenvalue weighted by Crippen LogP contribution is -2.45. The van der Waals surface area contributed by atoms with Crippen molar-refractivity contribution in [2.75, 3.05) is 19.7 Å². The van der Waals surface area contributed by atoms with E-state index in [1.54, 1.807) is 0 Å². The Bertz CT molecular complexity index is 225. The summed E-state index contributed by atoms with van der Waals surface area (Å²) in [5, 5.41) is 8.82. The second-order valence-corrected chi connectivity index (χ2v) is 5.20. The van der Waals surface area contributed by atoms with Gasteiger partial charge in [0.2, 0.25) is 5.91 Å². The Balaban J connectivity index is 2.47. The van der Waals surface area contributed by atoms with Gasteiger partial charge < -0.3 is 10.0 Å². The topological polar surface area (TPSA) is 40.5 Å². The van der Waals surface area contributed by atoms with E-state index in [0.717, 1.165) is 25.9 Å². The van der Waals surface area contributed by atoms with Crippen LogP contribution in [0, 0.1) is 5.41 Å². The van der Waals surface area contributed by atoms with E-state index < -0.39 is 0 Å². The quantitative estimate of drug-likeness (QED) is 0.753. The predicted molar refractivity (Wildman–Crippen MR) is 60.9 cm³/mol. The van der Waals surface area contributed by atoms with Crippen LogP contribution in [0.2, 0.25) is 0 Å². The number of halogens is 1. The van der Waals surface area contributed by atoms with E-state index in [9.17, 15) is 9.90 Å². The Hall–Kier alpha value is -0.280. The smallest absolute Gasteiger partial charge is 0.240 e. The van der Waals surface area contributed by atoms with Crippen LogP contribution in [-0.4, -0.2) is 41.0 Å². The molecule has 4 heteroatoms. The maximum Gasteiger partial charge on any atom is 0.240 e. The molecule has 1 aliphatic heterocycles. The molecule has 1 saturated heterocycles. The highest BCUT2D eigenvalue weighted by Gasteiger charge is 2.32. The number of aliphatic hydroxyl groups is 1. The van der Waals surface area contributed by atoms with Gasteiger partial charge in [-0.2, -0.15) is 0 Å². The van der Waals surface area contributed by atoms with E-state index in [1.165, 1.54) is 0 Å². The SMILES string of the molecule is CCC(Cl)C(=O)N1CCC(C)(CO)CC1. The lowest BCUT2D eigenvalue weighted by molar-refractivity contribution is -0.133. The Kier molecular flexibility index (Phi) is 4.41. The molecule has 1 aliphatic rings. The highest BCUT2D eigenvalue weighted by atomic mass is 35.5. The third kappa shape index (κ3) is 3.08. The first-order valence-corrected chi connectivity index (χ1v) is 6.00. The van der Waals surface area contributed by atoms with Gasteiger partial charge in [-0.05, 0) is 24.7 Å². The Morgan fingerprint density at radius 2 is 2.07 bits per heavy atom. The summed E-state index contributed by atoms with van der Waals surface area (Å²) in [7, 11) is 0. The maximum atomic E-state index is 11.8. The summed E-state index contributed by atoms with van der Waals surface area (Å²) in [6.45, 7) is 5.62. The molecule has 0 aromatic heterocycles. The van der Waals surface area contributed by atoms with Crippen molar-refractivity contribution < 1.29 is 9.90 Å². The zero-order valence-electron chi connectivity index (χ0n) is 9.50. The van der Waals surface area contributed by atoms with Crippen molar-refractivity contribution in [3.8, 4) is 0 Å². The molecule has 0 radical (unpaired) electrons. The van der Waals surface area contributed by atoms with E-state index in [4.69, 9.17) is 11.6 Å². The molecule has 0 aromatic carbocycles. The zero-order valence-corrected chi connectivity index (χ0v) is 10.3. The average molecular weight is 234 g/mol. The largest absolute Gasteiger partial charge is 0.396 e. The van der Waals surface area contributed by atoms with Gasteiger partial charge >= 0.3 is 0 Å². The summed E-state index contributed by atoms with van der Waals surface area (Å²) < 4.78 is 0. The van der Waals surface area contributed by atoms with E-state index in [2.05, 4.69) is 6.92 Å². The van der Waals surface area contributed by atoms with Gasteiger partial charge in [0.05, 0.1) is 0 Å². The van der Waals surface area contributed by atoms with Crippen molar-refractivity contribution >= 4 is 17.5 Å². The van der Waals surface area contributed by atoms with Crippen LogP contribution in [0.25, 0.3) is 0 Å². The first kappa shape index (κ1) is 12.8. The van der Waals surface area contributed by atoms with Gasteiger partial charge in [0, 0.05) is 19.7 Å². The van der Waals surface area contributed by atoms with Gasteiger partial charge in [-0.3, -0.25) is 4.79 Å². The molecule has 0 spiro atoms. The molecule has 1 N–H and O–H groups in total. The lowest BCUT2D eigenvalue weighted by atomic mass is 9.81. The molecule has 0 aromatic rings. The highest BCUT2D eigenvalue weighted by Crippen LogP contribution is 2.30. The summed E-state index contributed by atoms with van der Waals surface area (Å²) in [6.07, 6.45) is 2.40. The molecule has 1 fully saturated rings. The van der Waals surface area contributed by atoms with Gasteiger partial charge in [-0.1, -0.05) is 13.8 Å². The third-order valence-electron chi connectivity index (χ3n) is 3.29. The Morgan fingerprint density at radius 3 is 2.47 bits per heavy atom. The second kappa shape index (κ2) is 5.17. The molecule has 1 rings (SSSR count). The fourth-order valence-electron chi connectivity index (χ4n) is 1.80. The Morgan fingerprint density at radius 1 is 1.53 bits per heavy atom. The number of hydrogen-bond acceptors (Lipinski definition) is 2. The fraction of sp³-hybridized carbons (Fsp3) is 0.909. The van der Waals surface area contributed by atoms with Crippen molar-refractivity contribution in [2.45, 2.75) is 38.5 Å². The van der Waals surface area contributed by atoms with Crippen LogP contribution in [0.5, 0.6) is 0 Å². The first-order valence-electron chi connectivity index (χ1n) is 5.56. The normalized spacial score (nSPS) is 22.5. The van der Waals surface area contributed by atoms with Crippen molar-refractivity contribution in [3.63, 3.8) is 0 Å². The number of piperidine rings is 1. The highest BCUT2D eigenvalue weighted by molar-refractivity contribution is 6.30. The molecule has 15 heavy (non-hydrogen) atoms. The summed E-state index contributed by atoms with van der Waals surface area (Å²) in [6, 6.07) is 0. The molecule has 1 amide bonds. The van der Waals surface area contributed by atoms with Crippen LogP contribution in [0.3, 0.4) is 0 Å². The van der Waals surface area contributed by atoms with E-state index in [0.29, 0.717) is 6.42 Å². The molecule has 1 heterocycles. The van der Waals surface area contributed by atoms with Crippen LogP contribution in [0.1, 0.15) is 33.1 Å². The number of aliphatic hydroxyl groups excluding tert-OH is 1. The van der Waals surface area contributed by atoms with Crippen LogP contribution in [-0.2, 0) is 4.79 Å². The lowest BCUT2D eigenvalue weighted by Gasteiger charge is -2.38. The minimum absolute atomic E-state index is 0.00912. The summed E-state index contributed by atoms with van der Waals surface area (Å²) in [4.78, 5) is 13.6. The molecular formula is C11H20ClNO2. The molecule has 88 valence electrons. The van der Waals surface area contributed by atoms with Gasteiger partial charge in [0.25, 0.3) is 0 Å². The van der Waals surface area contributed by atoms with Gasteiger partial charge in [0.1, 0.15) is 5.38 Å². The van der Waals surface area contributed by atoms with Crippen molar-refractivity contribution in [3.05, 3.63) is 0 Å².